The maximum atomic E-state index is 12.3. The summed E-state index contributed by atoms with van der Waals surface area (Å²) in [6.07, 6.45) is 4.09. The fourth-order valence-corrected chi connectivity index (χ4v) is 2.50. The molecule has 1 aromatic rings. The zero-order valence-electron chi connectivity index (χ0n) is 10.8. The average Bonchev–Trinajstić information content (AvgIpc) is 2.37. The molecular weight excluding hydrogens is 230 g/mol. The van der Waals surface area contributed by atoms with Crippen LogP contribution in [0.25, 0.3) is 0 Å². The monoisotopic (exact) mass is 249 g/mol. The van der Waals surface area contributed by atoms with Gasteiger partial charge in [0.25, 0.3) is 5.91 Å². The molecule has 3 N–H and O–H groups in total. The molecule has 0 aromatic carbocycles. The van der Waals surface area contributed by atoms with Crippen molar-refractivity contribution in [3.63, 3.8) is 0 Å². The van der Waals surface area contributed by atoms with E-state index in [1.165, 1.54) is 18.8 Å². The second-order valence-electron chi connectivity index (χ2n) is 5.09. The molecule has 6 heteroatoms. The molecule has 1 aromatic heterocycles. The SMILES string of the molecule is CC1CC(C)CN(C(=O)c2cnc(NN)cn2)C1. The van der Waals surface area contributed by atoms with Crippen molar-refractivity contribution in [3.05, 3.63) is 18.1 Å². The van der Waals surface area contributed by atoms with Crippen LogP contribution < -0.4 is 11.3 Å². The quantitative estimate of drug-likeness (QED) is 0.600. The smallest absolute Gasteiger partial charge is 0.274 e. The average molecular weight is 249 g/mol. The van der Waals surface area contributed by atoms with E-state index in [0.717, 1.165) is 13.1 Å². The van der Waals surface area contributed by atoms with Gasteiger partial charge in [-0.15, -0.1) is 0 Å². The molecule has 0 aliphatic carbocycles. The van der Waals surface area contributed by atoms with Crippen molar-refractivity contribution < 1.29 is 4.79 Å². The molecule has 2 atom stereocenters. The van der Waals surface area contributed by atoms with E-state index in [9.17, 15) is 4.79 Å². The second-order valence-corrected chi connectivity index (χ2v) is 5.09. The maximum absolute atomic E-state index is 12.3. The molecule has 2 rings (SSSR count). The zero-order chi connectivity index (χ0) is 13.1. The summed E-state index contributed by atoms with van der Waals surface area (Å²) >= 11 is 0. The minimum atomic E-state index is -0.0514. The number of likely N-dealkylation sites (tertiary alicyclic amines) is 1. The first-order valence-corrected chi connectivity index (χ1v) is 6.18. The fraction of sp³-hybridized carbons (Fsp3) is 0.583. The molecule has 6 nitrogen and oxygen atoms in total. The highest BCUT2D eigenvalue weighted by Gasteiger charge is 2.26. The van der Waals surface area contributed by atoms with Crippen LogP contribution in [0.4, 0.5) is 5.82 Å². The number of carbonyl (C=O) groups is 1. The van der Waals surface area contributed by atoms with Crippen LogP contribution in [-0.2, 0) is 0 Å². The maximum Gasteiger partial charge on any atom is 0.274 e. The Labute approximate surface area is 107 Å². The van der Waals surface area contributed by atoms with Crippen molar-refractivity contribution in [3.8, 4) is 0 Å². The van der Waals surface area contributed by atoms with Gasteiger partial charge in [0.2, 0.25) is 0 Å². The predicted molar refractivity (Wildman–Crippen MR) is 68.7 cm³/mol. The second kappa shape index (κ2) is 5.30. The van der Waals surface area contributed by atoms with Crippen LogP contribution in [0.15, 0.2) is 12.4 Å². The van der Waals surface area contributed by atoms with Crippen molar-refractivity contribution in [1.82, 2.24) is 14.9 Å². The molecule has 0 radical (unpaired) electrons. The molecule has 2 unspecified atom stereocenters. The number of nitrogens with zero attached hydrogens (tertiary/aromatic N) is 3. The Morgan fingerprint density at radius 2 is 2.00 bits per heavy atom. The first kappa shape index (κ1) is 12.8. The van der Waals surface area contributed by atoms with Crippen molar-refractivity contribution >= 4 is 11.7 Å². The molecule has 98 valence electrons. The van der Waals surface area contributed by atoms with Gasteiger partial charge in [-0.25, -0.2) is 15.8 Å². The van der Waals surface area contributed by atoms with Gasteiger partial charge in [-0.1, -0.05) is 13.8 Å². The van der Waals surface area contributed by atoms with Gasteiger partial charge in [-0.05, 0) is 18.3 Å². The number of nitrogen functional groups attached to an aromatic ring is 1. The molecule has 18 heavy (non-hydrogen) atoms. The van der Waals surface area contributed by atoms with Crippen LogP contribution in [0.2, 0.25) is 0 Å². The summed E-state index contributed by atoms with van der Waals surface area (Å²) < 4.78 is 0. The molecule has 2 heterocycles. The topological polar surface area (TPSA) is 84.1 Å². The van der Waals surface area contributed by atoms with Crippen LogP contribution in [0.1, 0.15) is 30.8 Å². The summed E-state index contributed by atoms with van der Waals surface area (Å²) in [6.45, 7) is 5.93. The summed E-state index contributed by atoms with van der Waals surface area (Å²) in [5, 5.41) is 0. The number of anilines is 1. The molecule has 1 saturated heterocycles. The van der Waals surface area contributed by atoms with Crippen LogP contribution >= 0.6 is 0 Å². The number of rotatable bonds is 2. The van der Waals surface area contributed by atoms with Gasteiger partial charge >= 0.3 is 0 Å². The molecule has 1 amide bonds. The molecule has 0 saturated carbocycles. The first-order chi connectivity index (χ1) is 8.60. The molecular formula is C12H19N5O. The van der Waals surface area contributed by atoms with Crippen molar-refractivity contribution in [2.24, 2.45) is 17.7 Å². The van der Waals surface area contributed by atoms with Crippen molar-refractivity contribution in [1.29, 1.82) is 0 Å². The third kappa shape index (κ3) is 2.76. The van der Waals surface area contributed by atoms with Gasteiger partial charge in [0.1, 0.15) is 5.69 Å². The lowest BCUT2D eigenvalue weighted by Crippen LogP contribution is -2.42. The zero-order valence-corrected chi connectivity index (χ0v) is 10.8. The van der Waals surface area contributed by atoms with E-state index in [1.807, 2.05) is 4.90 Å². The summed E-state index contributed by atoms with van der Waals surface area (Å²) in [6, 6.07) is 0. The Hall–Kier alpha value is -1.69. The van der Waals surface area contributed by atoms with Gasteiger partial charge in [-0.2, -0.15) is 0 Å². The Bertz CT molecular complexity index is 409. The lowest BCUT2D eigenvalue weighted by Gasteiger charge is -2.34. The highest BCUT2D eigenvalue weighted by molar-refractivity contribution is 5.92. The van der Waals surface area contributed by atoms with E-state index in [1.54, 1.807) is 0 Å². The minimum Gasteiger partial charge on any atom is -0.337 e. The van der Waals surface area contributed by atoms with Crippen LogP contribution in [0.5, 0.6) is 0 Å². The van der Waals surface area contributed by atoms with Crippen LogP contribution in [-0.4, -0.2) is 33.9 Å². The Morgan fingerprint density at radius 1 is 1.33 bits per heavy atom. The van der Waals surface area contributed by atoms with Crippen molar-refractivity contribution in [2.75, 3.05) is 18.5 Å². The van der Waals surface area contributed by atoms with Gasteiger partial charge < -0.3 is 10.3 Å². The number of hydrazine groups is 1. The third-order valence-electron chi connectivity index (χ3n) is 3.17. The number of nitrogens with one attached hydrogen (secondary N) is 1. The number of hydrogen-bond acceptors (Lipinski definition) is 5. The summed E-state index contributed by atoms with van der Waals surface area (Å²) in [7, 11) is 0. The van der Waals surface area contributed by atoms with Gasteiger partial charge in [0, 0.05) is 13.1 Å². The van der Waals surface area contributed by atoms with E-state index in [2.05, 4.69) is 29.2 Å². The summed E-state index contributed by atoms with van der Waals surface area (Å²) in [5.74, 6) is 6.68. The van der Waals surface area contributed by atoms with Gasteiger partial charge in [0.05, 0.1) is 12.4 Å². The molecule has 0 spiro atoms. The van der Waals surface area contributed by atoms with Crippen LogP contribution in [0.3, 0.4) is 0 Å². The van der Waals surface area contributed by atoms with E-state index in [4.69, 9.17) is 5.84 Å². The number of amides is 1. The Balaban J connectivity index is 2.09. The van der Waals surface area contributed by atoms with E-state index in [-0.39, 0.29) is 5.91 Å². The first-order valence-electron chi connectivity index (χ1n) is 6.18. The largest absolute Gasteiger partial charge is 0.337 e. The van der Waals surface area contributed by atoms with E-state index < -0.39 is 0 Å². The van der Waals surface area contributed by atoms with Crippen LogP contribution in [0, 0.1) is 11.8 Å². The van der Waals surface area contributed by atoms with E-state index in [0.29, 0.717) is 23.3 Å². The lowest BCUT2D eigenvalue weighted by atomic mass is 9.92. The number of piperidine rings is 1. The van der Waals surface area contributed by atoms with Crippen molar-refractivity contribution in [2.45, 2.75) is 20.3 Å². The Kier molecular flexibility index (Phi) is 3.76. The van der Waals surface area contributed by atoms with E-state index >= 15 is 0 Å². The molecule has 1 aliphatic heterocycles. The minimum absolute atomic E-state index is 0.0514. The molecule has 1 aliphatic rings. The third-order valence-corrected chi connectivity index (χ3v) is 3.17. The fourth-order valence-electron chi connectivity index (χ4n) is 2.50. The molecule has 0 bridgehead atoms. The normalized spacial score (nSPS) is 23.8. The molecule has 1 fully saturated rings. The summed E-state index contributed by atoms with van der Waals surface area (Å²) in [4.78, 5) is 22.2. The highest BCUT2D eigenvalue weighted by Crippen LogP contribution is 2.22. The summed E-state index contributed by atoms with van der Waals surface area (Å²) in [5.41, 5.74) is 2.76. The van der Waals surface area contributed by atoms with Gasteiger partial charge in [0.15, 0.2) is 5.82 Å². The van der Waals surface area contributed by atoms with Gasteiger partial charge in [-0.3, -0.25) is 4.79 Å². The lowest BCUT2D eigenvalue weighted by molar-refractivity contribution is 0.0617. The predicted octanol–water partition coefficient (Wildman–Crippen LogP) is 0.880. The standard InChI is InChI=1S/C12H19N5O/c1-8-3-9(2)7-17(6-8)12(18)10-4-15-11(16-13)5-14-10/h4-5,8-9H,3,6-7,13H2,1-2H3,(H,15,16). The number of aromatic nitrogens is 2. The Morgan fingerprint density at radius 3 is 2.50 bits per heavy atom. The number of hydrogen-bond donors (Lipinski definition) is 2. The number of nitrogens with two attached hydrogens (primary N) is 1. The highest BCUT2D eigenvalue weighted by atomic mass is 16.2. The number of carbonyl (C=O) groups excluding carboxylic acids is 1.